The molecule has 1 amide bonds. The second-order valence-electron chi connectivity index (χ2n) is 6.92. The van der Waals surface area contributed by atoms with E-state index in [1.807, 2.05) is 30.3 Å². The number of ether oxygens (including phenoxy) is 1. The molecule has 7 heteroatoms. The summed E-state index contributed by atoms with van der Waals surface area (Å²) in [5.74, 6) is 0.306. The number of carbonyl (C=O) groups excluding carboxylic acids is 1. The maximum atomic E-state index is 12.0. The van der Waals surface area contributed by atoms with Crippen LogP contribution in [-0.2, 0) is 10.2 Å². The number of thiophene rings is 1. The zero-order valence-electron chi connectivity index (χ0n) is 15.3. The van der Waals surface area contributed by atoms with Crippen molar-refractivity contribution in [3.8, 4) is 22.4 Å². The molecule has 2 heterocycles. The Bertz CT molecular complexity index is 976. The number of thiazole rings is 1. The number of nitrogens with zero attached hydrogens (tertiary/aromatic N) is 2. The van der Waals surface area contributed by atoms with Crippen molar-refractivity contribution in [2.45, 2.75) is 26.2 Å². The lowest BCUT2D eigenvalue weighted by atomic mass is 9.93. The molecule has 0 aliphatic rings. The SMILES string of the molecule is CC(C)(C)c1csc(-c2ccc(OCC(=O)Nc3sccc3C#N)cc2)n1. The lowest BCUT2D eigenvalue weighted by Gasteiger charge is -2.14. The summed E-state index contributed by atoms with van der Waals surface area (Å²) in [5.41, 5.74) is 2.57. The minimum absolute atomic E-state index is 0.0269. The number of anilines is 1. The van der Waals surface area contributed by atoms with Gasteiger partial charge in [0.1, 0.15) is 21.8 Å². The number of aromatic nitrogens is 1. The summed E-state index contributed by atoms with van der Waals surface area (Å²) in [6.07, 6.45) is 0. The molecule has 0 atom stereocenters. The number of amides is 1. The highest BCUT2D eigenvalue weighted by atomic mass is 32.1. The first kappa shape index (κ1) is 19.1. The Morgan fingerprint density at radius 3 is 2.59 bits per heavy atom. The molecule has 0 fully saturated rings. The number of rotatable bonds is 5. The average molecular weight is 398 g/mol. The number of nitrogens with one attached hydrogen (secondary N) is 1. The van der Waals surface area contributed by atoms with Gasteiger partial charge < -0.3 is 10.1 Å². The maximum Gasteiger partial charge on any atom is 0.262 e. The van der Waals surface area contributed by atoms with Gasteiger partial charge in [-0.2, -0.15) is 5.26 Å². The van der Waals surface area contributed by atoms with E-state index in [4.69, 9.17) is 15.0 Å². The molecule has 0 saturated heterocycles. The molecule has 0 radical (unpaired) electrons. The van der Waals surface area contributed by atoms with Crippen LogP contribution < -0.4 is 10.1 Å². The molecule has 0 aliphatic carbocycles. The summed E-state index contributed by atoms with van der Waals surface area (Å²) in [6, 6.07) is 11.2. The number of benzene rings is 1. The Hall–Kier alpha value is -2.69. The Morgan fingerprint density at radius 2 is 1.96 bits per heavy atom. The van der Waals surface area contributed by atoms with Crippen molar-refractivity contribution in [3.63, 3.8) is 0 Å². The smallest absolute Gasteiger partial charge is 0.262 e. The zero-order chi connectivity index (χ0) is 19.4. The lowest BCUT2D eigenvalue weighted by Crippen LogP contribution is -2.19. The first-order valence-electron chi connectivity index (χ1n) is 8.33. The van der Waals surface area contributed by atoms with E-state index >= 15 is 0 Å². The van der Waals surface area contributed by atoms with Crippen molar-refractivity contribution in [1.29, 1.82) is 5.26 Å². The Kier molecular flexibility index (Phi) is 5.59. The van der Waals surface area contributed by atoms with Crippen LogP contribution in [0.15, 0.2) is 41.1 Å². The van der Waals surface area contributed by atoms with E-state index in [0.29, 0.717) is 16.3 Å². The molecule has 1 N–H and O–H groups in total. The molecule has 2 aromatic heterocycles. The van der Waals surface area contributed by atoms with Crippen LogP contribution in [0.25, 0.3) is 10.6 Å². The van der Waals surface area contributed by atoms with Crippen LogP contribution >= 0.6 is 22.7 Å². The largest absolute Gasteiger partial charge is 0.484 e. The summed E-state index contributed by atoms with van der Waals surface area (Å²) in [4.78, 5) is 16.7. The fraction of sp³-hybridized carbons (Fsp3) is 0.250. The van der Waals surface area contributed by atoms with Crippen LogP contribution in [0.3, 0.4) is 0 Å². The molecule has 5 nitrogen and oxygen atoms in total. The predicted molar refractivity (Wildman–Crippen MR) is 109 cm³/mol. The minimum atomic E-state index is -0.298. The second kappa shape index (κ2) is 7.91. The van der Waals surface area contributed by atoms with Crippen molar-refractivity contribution in [2.75, 3.05) is 11.9 Å². The van der Waals surface area contributed by atoms with Gasteiger partial charge >= 0.3 is 0 Å². The standard InChI is InChI=1S/C20H19N3O2S2/c1-20(2,3)16-12-27-18(22-16)13-4-6-15(7-5-13)25-11-17(24)23-19-14(10-21)8-9-26-19/h4-9,12H,11H2,1-3H3,(H,23,24). The van der Waals surface area contributed by atoms with Crippen LogP contribution in [-0.4, -0.2) is 17.5 Å². The predicted octanol–water partition coefficient (Wildman–Crippen LogP) is 5.06. The van der Waals surface area contributed by atoms with Gasteiger partial charge in [-0.05, 0) is 35.7 Å². The van der Waals surface area contributed by atoms with Crippen molar-refractivity contribution in [2.24, 2.45) is 0 Å². The third-order valence-corrected chi connectivity index (χ3v) is 5.50. The fourth-order valence-electron chi connectivity index (χ4n) is 2.25. The number of carbonyl (C=O) groups is 1. The molecule has 0 aliphatic heterocycles. The van der Waals surface area contributed by atoms with E-state index in [1.165, 1.54) is 11.3 Å². The molecule has 0 unspecified atom stereocenters. The van der Waals surface area contributed by atoms with Crippen molar-refractivity contribution >= 4 is 33.6 Å². The van der Waals surface area contributed by atoms with Gasteiger partial charge in [0.15, 0.2) is 6.61 Å². The minimum Gasteiger partial charge on any atom is -0.484 e. The third kappa shape index (κ3) is 4.73. The summed E-state index contributed by atoms with van der Waals surface area (Å²) >= 11 is 2.93. The van der Waals surface area contributed by atoms with E-state index in [-0.39, 0.29) is 17.9 Å². The quantitative estimate of drug-likeness (QED) is 0.653. The van der Waals surface area contributed by atoms with Gasteiger partial charge in [-0.25, -0.2) is 4.98 Å². The Balaban J connectivity index is 1.59. The van der Waals surface area contributed by atoms with Crippen molar-refractivity contribution in [3.05, 3.63) is 52.3 Å². The van der Waals surface area contributed by atoms with Gasteiger partial charge in [0.2, 0.25) is 0 Å². The molecule has 0 bridgehead atoms. The molecule has 0 spiro atoms. The van der Waals surface area contributed by atoms with Crippen LogP contribution in [0.5, 0.6) is 5.75 Å². The number of hydrogen-bond acceptors (Lipinski definition) is 6. The molecule has 3 aromatic rings. The van der Waals surface area contributed by atoms with E-state index < -0.39 is 0 Å². The Morgan fingerprint density at radius 1 is 1.22 bits per heavy atom. The number of hydrogen-bond donors (Lipinski definition) is 1. The first-order valence-corrected chi connectivity index (χ1v) is 10.1. The monoisotopic (exact) mass is 397 g/mol. The Labute approximate surface area is 166 Å². The molecular formula is C20H19N3O2S2. The van der Waals surface area contributed by atoms with Crippen LogP contribution in [0.1, 0.15) is 32.0 Å². The van der Waals surface area contributed by atoms with Gasteiger partial charge in [0.05, 0.1) is 11.3 Å². The van der Waals surface area contributed by atoms with Gasteiger partial charge in [0.25, 0.3) is 5.91 Å². The molecule has 27 heavy (non-hydrogen) atoms. The van der Waals surface area contributed by atoms with Crippen molar-refractivity contribution < 1.29 is 9.53 Å². The first-order chi connectivity index (χ1) is 12.9. The maximum absolute atomic E-state index is 12.0. The van der Waals surface area contributed by atoms with Gasteiger partial charge in [0, 0.05) is 16.4 Å². The van der Waals surface area contributed by atoms with E-state index in [0.717, 1.165) is 16.3 Å². The highest BCUT2D eigenvalue weighted by Crippen LogP contribution is 2.30. The van der Waals surface area contributed by atoms with Crippen LogP contribution in [0.4, 0.5) is 5.00 Å². The highest BCUT2D eigenvalue weighted by molar-refractivity contribution is 7.14. The van der Waals surface area contributed by atoms with Gasteiger partial charge in [-0.1, -0.05) is 20.8 Å². The lowest BCUT2D eigenvalue weighted by molar-refractivity contribution is -0.118. The third-order valence-electron chi connectivity index (χ3n) is 3.78. The normalized spacial score (nSPS) is 11.0. The van der Waals surface area contributed by atoms with Crippen LogP contribution in [0.2, 0.25) is 0 Å². The molecule has 1 aromatic carbocycles. The van der Waals surface area contributed by atoms with Gasteiger partial charge in [-0.3, -0.25) is 4.79 Å². The summed E-state index contributed by atoms with van der Waals surface area (Å²) in [6.45, 7) is 6.31. The van der Waals surface area contributed by atoms with Crippen LogP contribution in [0, 0.1) is 11.3 Å². The highest BCUT2D eigenvalue weighted by Gasteiger charge is 2.18. The summed E-state index contributed by atoms with van der Waals surface area (Å²) < 4.78 is 5.53. The van der Waals surface area contributed by atoms with E-state index in [2.05, 4.69) is 31.5 Å². The molecule has 138 valence electrons. The molecular weight excluding hydrogens is 378 g/mol. The zero-order valence-corrected chi connectivity index (χ0v) is 16.9. The summed E-state index contributed by atoms with van der Waals surface area (Å²) in [7, 11) is 0. The van der Waals surface area contributed by atoms with E-state index in [1.54, 1.807) is 22.8 Å². The molecule has 3 rings (SSSR count). The number of nitriles is 1. The van der Waals surface area contributed by atoms with Crippen molar-refractivity contribution in [1.82, 2.24) is 4.98 Å². The fourth-order valence-corrected chi connectivity index (χ4v) is 4.06. The van der Waals surface area contributed by atoms with E-state index in [9.17, 15) is 4.79 Å². The van der Waals surface area contributed by atoms with Gasteiger partial charge in [-0.15, -0.1) is 22.7 Å². The summed E-state index contributed by atoms with van der Waals surface area (Å²) in [5, 5.41) is 17.0. The second-order valence-corrected chi connectivity index (χ2v) is 8.70. The average Bonchev–Trinajstić information content (AvgIpc) is 3.29. The topological polar surface area (TPSA) is 75.0 Å². The molecule has 0 saturated carbocycles.